The molecule has 270 valence electrons. The Labute approximate surface area is 297 Å². The van der Waals surface area contributed by atoms with E-state index in [1.807, 2.05) is 11.8 Å². The van der Waals surface area contributed by atoms with Crippen molar-refractivity contribution >= 4 is 6.09 Å². The van der Waals surface area contributed by atoms with E-state index >= 15 is 0 Å². The summed E-state index contributed by atoms with van der Waals surface area (Å²) in [6.45, 7) is 17.1. The van der Waals surface area contributed by atoms with Crippen molar-refractivity contribution in [1.29, 1.82) is 0 Å². The van der Waals surface area contributed by atoms with Crippen LogP contribution in [0, 0.1) is 51.4 Å². The first-order valence-electron chi connectivity index (χ1n) is 19.4. The van der Waals surface area contributed by atoms with Gasteiger partial charge >= 0.3 is 6.09 Å². The Morgan fingerprint density at radius 1 is 0.800 bits per heavy atom. The van der Waals surface area contributed by atoms with Crippen LogP contribution >= 0.6 is 0 Å². The summed E-state index contributed by atoms with van der Waals surface area (Å²) in [5.41, 5.74) is 10.7. The van der Waals surface area contributed by atoms with Crippen LogP contribution in [0.2, 0.25) is 0 Å². The number of ether oxygens (including phenoxy) is 3. The molecule has 4 fully saturated rings. The number of aryl methyl sites for hydroxylation is 4. The average molecular weight is 685 g/mol. The third kappa shape index (κ3) is 4.02. The van der Waals surface area contributed by atoms with Gasteiger partial charge < -0.3 is 34.2 Å². The second-order valence-corrected chi connectivity index (χ2v) is 17.6. The van der Waals surface area contributed by atoms with E-state index in [1.54, 1.807) is 0 Å². The number of hydrogen-bond donors (Lipinski definition) is 2. The maximum absolute atomic E-state index is 12.7. The summed E-state index contributed by atoms with van der Waals surface area (Å²) in [5, 5.41) is 22.0. The molecular formula is C42H56N2O6. The summed E-state index contributed by atoms with van der Waals surface area (Å²) in [4.78, 5) is 17.2. The van der Waals surface area contributed by atoms with Crippen molar-refractivity contribution in [3.63, 3.8) is 0 Å². The highest BCUT2D eigenvalue weighted by atomic mass is 16.6. The molecular weight excluding hydrogens is 628 g/mol. The Hall–Kier alpha value is -2.81. The number of carbonyl (C=O) groups is 1. The molecule has 50 heavy (non-hydrogen) atoms. The van der Waals surface area contributed by atoms with Gasteiger partial charge in [-0.25, -0.2) is 4.79 Å². The van der Waals surface area contributed by atoms with Crippen LogP contribution in [0.3, 0.4) is 0 Å². The van der Waals surface area contributed by atoms with Gasteiger partial charge in [0.1, 0.15) is 23.7 Å². The van der Waals surface area contributed by atoms with Crippen molar-refractivity contribution in [2.75, 3.05) is 26.7 Å². The van der Waals surface area contributed by atoms with Gasteiger partial charge in [0.2, 0.25) is 0 Å². The Kier molecular flexibility index (Phi) is 7.34. The fourth-order valence-corrected chi connectivity index (χ4v) is 13.1. The summed E-state index contributed by atoms with van der Waals surface area (Å²) in [7, 11) is 2.29. The first kappa shape index (κ1) is 33.1. The third-order valence-corrected chi connectivity index (χ3v) is 15.3. The molecule has 2 N–H and O–H groups in total. The molecule has 4 aliphatic carbocycles. The zero-order chi connectivity index (χ0) is 35.2. The SMILES string of the molecule is CCOC(=O)N1CC[C@]23c4c5c(C)cc(C)c4O[C@H]2C(O)[C@H](C)C[C@H]3[C@H]1C5.Cc1cc(C)c2c3c1C[C@@H]1[C@@H]4C[C@@H](C)C(O)[C@H](O2)[C@]34CCN1C. The fourth-order valence-electron chi connectivity index (χ4n) is 13.1. The van der Waals surface area contributed by atoms with E-state index < -0.39 is 6.10 Å². The van der Waals surface area contributed by atoms with Crippen molar-refractivity contribution < 1.29 is 29.2 Å². The van der Waals surface area contributed by atoms with Crippen LogP contribution in [-0.2, 0) is 28.4 Å². The molecule has 2 spiro atoms. The lowest BCUT2D eigenvalue weighted by Crippen LogP contribution is -2.69. The molecule has 10 rings (SSSR count). The second-order valence-electron chi connectivity index (χ2n) is 17.6. The van der Waals surface area contributed by atoms with E-state index in [4.69, 9.17) is 14.2 Å². The highest BCUT2D eigenvalue weighted by Crippen LogP contribution is 2.65. The molecule has 8 aliphatic rings. The van der Waals surface area contributed by atoms with Crippen LogP contribution in [-0.4, -0.2) is 89.3 Å². The molecule has 4 heterocycles. The number of piperidine rings is 2. The molecule has 4 bridgehead atoms. The quantitative estimate of drug-likeness (QED) is 0.399. The molecule has 2 aromatic carbocycles. The highest BCUT2D eigenvalue weighted by molar-refractivity contribution is 5.70. The molecule has 2 saturated heterocycles. The van der Waals surface area contributed by atoms with Crippen LogP contribution in [0.25, 0.3) is 0 Å². The van der Waals surface area contributed by atoms with E-state index in [-0.39, 0.29) is 47.2 Å². The number of carbonyl (C=O) groups excluding carboxylic acids is 1. The van der Waals surface area contributed by atoms with Gasteiger partial charge in [-0.2, -0.15) is 0 Å². The first-order valence-corrected chi connectivity index (χ1v) is 19.4. The van der Waals surface area contributed by atoms with E-state index in [0.717, 1.165) is 56.6 Å². The van der Waals surface area contributed by atoms with Gasteiger partial charge in [-0.1, -0.05) is 26.0 Å². The van der Waals surface area contributed by atoms with Gasteiger partial charge in [0.05, 0.1) is 18.8 Å². The average Bonchev–Trinajstić information content (AvgIpc) is 3.60. The Morgan fingerprint density at radius 2 is 1.28 bits per heavy atom. The maximum atomic E-state index is 12.7. The monoisotopic (exact) mass is 684 g/mol. The largest absolute Gasteiger partial charge is 0.486 e. The van der Waals surface area contributed by atoms with Gasteiger partial charge in [-0.3, -0.25) is 0 Å². The predicted octanol–water partition coefficient (Wildman–Crippen LogP) is 5.69. The van der Waals surface area contributed by atoms with Gasteiger partial charge in [0.15, 0.2) is 0 Å². The molecule has 2 unspecified atom stereocenters. The normalized spacial score (nSPS) is 40.9. The number of aliphatic hydroxyl groups excluding tert-OH is 2. The van der Waals surface area contributed by atoms with Crippen molar-refractivity contribution in [1.82, 2.24) is 9.80 Å². The number of amides is 1. The summed E-state index contributed by atoms with van der Waals surface area (Å²) in [6, 6.07) is 5.21. The number of aliphatic hydroxyl groups is 2. The van der Waals surface area contributed by atoms with Crippen LogP contribution in [0.15, 0.2) is 12.1 Å². The molecule has 2 saturated carbocycles. The smallest absolute Gasteiger partial charge is 0.410 e. The second kappa shape index (κ2) is 11.1. The minimum absolute atomic E-state index is 0.0398. The van der Waals surface area contributed by atoms with Gasteiger partial charge in [-0.05, 0) is 144 Å². The highest BCUT2D eigenvalue weighted by Gasteiger charge is 2.68. The Bertz CT molecular complexity index is 1770. The molecule has 1 amide bonds. The predicted molar refractivity (Wildman–Crippen MR) is 191 cm³/mol. The van der Waals surface area contributed by atoms with E-state index in [2.05, 4.69) is 65.6 Å². The molecule has 12 atom stereocenters. The number of hydrogen-bond acceptors (Lipinski definition) is 7. The summed E-state index contributed by atoms with van der Waals surface area (Å²) in [5.74, 6) is 3.53. The lowest BCUT2D eigenvalue weighted by Gasteiger charge is -2.59. The van der Waals surface area contributed by atoms with E-state index in [0.29, 0.717) is 36.9 Å². The molecule has 0 aromatic heterocycles. The standard InChI is InChI=1S/C22H29NO4.C20H27NO2/c1-5-26-21(25)23-7-6-22-15-9-12(3)18(24)20(22)27-19-13(4)8-11(2)14(17(19)22)10-16(15)23;1-10-7-12(3)18-16-13(10)9-15-14-8-11(2)17(22)19(23-18)20(14,16)5-6-21(15)4/h8,12,15-16,18,20,24H,5-7,9-10H2,1-4H3;7,11,14-15,17,19,22H,5-6,8-9H2,1-4H3/t12-,15+,16-,18?,20+,22+;11-,14+,15-,17?,19+,20+/m11/s1. The van der Waals surface area contributed by atoms with Crippen LogP contribution in [0.5, 0.6) is 11.5 Å². The minimum atomic E-state index is -0.464. The molecule has 8 nitrogen and oxygen atoms in total. The zero-order valence-electron chi connectivity index (χ0n) is 31.2. The minimum Gasteiger partial charge on any atom is -0.486 e. The van der Waals surface area contributed by atoms with Crippen molar-refractivity contribution in [2.45, 2.75) is 134 Å². The summed E-state index contributed by atoms with van der Waals surface area (Å²) in [6.07, 6.45) is 4.79. The molecule has 8 heteroatoms. The lowest BCUT2D eigenvalue weighted by atomic mass is 9.49. The summed E-state index contributed by atoms with van der Waals surface area (Å²) >= 11 is 0. The molecule has 4 aliphatic heterocycles. The van der Waals surface area contributed by atoms with Gasteiger partial charge in [0.25, 0.3) is 0 Å². The topological polar surface area (TPSA) is 91.7 Å². The summed E-state index contributed by atoms with van der Waals surface area (Å²) < 4.78 is 18.4. The van der Waals surface area contributed by atoms with E-state index in [9.17, 15) is 15.0 Å². The number of rotatable bonds is 1. The number of nitrogens with zero attached hydrogens (tertiary/aromatic N) is 2. The lowest BCUT2D eigenvalue weighted by molar-refractivity contribution is -0.122. The van der Waals surface area contributed by atoms with Crippen LogP contribution in [0.4, 0.5) is 4.79 Å². The number of benzene rings is 2. The van der Waals surface area contributed by atoms with E-state index in [1.165, 1.54) is 44.5 Å². The van der Waals surface area contributed by atoms with Crippen LogP contribution in [0.1, 0.15) is 91.0 Å². The van der Waals surface area contributed by atoms with Gasteiger partial charge in [-0.15, -0.1) is 0 Å². The van der Waals surface area contributed by atoms with Crippen molar-refractivity contribution in [3.8, 4) is 11.5 Å². The zero-order valence-corrected chi connectivity index (χ0v) is 31.2. The Morgan fingerprint density at radius 3 is 1.80 bits per heavy atom. The maximum Gasteiger partial charge on any atom is 0.410 e. The third-order valence-electron chi connectivity index (χ3n) is 15.3. The van der Waals surface area contributed by atoms with Crippen molar-refractivity contribution in [2.24, 2.45) is 23.7 Å². The number of likely N-dealkylation sites (tertiary alicyclic amines) is 2. The Balaban J connectivity index is 0.000000136. The van der Waals surface area contributed by atoms with Crippen molar-refractivity contribution in [3.05, 3.63) is 56.6 Å². The molecule has 0 radical (unpaired) electrons. The van der Waals surface area contributed by atoms with Crippen LogP contribution < -0.4 is 9.47 Å². The fraction of sp³-hybridized carbons (Fsp3) is 0.690. The van der Waals surface area contributed by atoms with Gasteiger partial charge in [0, 0.05) is 40.6 Å². The molecule has 2 aromatic rings. The number of likely N-dealkylation sites (N-methyl/N-ethyl adjacent to an activating group) is 1. The first-order chi connectivity index (χ1) is 23.8.